The van der Waals surface area contributed by atoms with Crippen molar-refractivity contribution in [3.05, 3.63) is 45.1 Å². The normalized spacial score (nSPS) is 12.1. The van der Waals surface area contributed by atoms with E-state index >= 15 is 0 Å². The predicted molar refractivity (Wildman–Crippen MR) is 127 cm³/mol. The van der Waals surface area contributed by atoms with E-state index in [0.29, 0.717) is 41.5 Å². The molecular weight excluding hydrogens is 513 g/mol. The summed E-state index contributed by atoms with van der Waals surface area (Å²) < 4.78 is 11.6. The topological polar surface area (TPSA) is 75.1 Å². The van der Waals surface area contributed by atoms with Gasteiger partial charge in [-0.2, -0.15) is 0 Å². The van der Waals surface area contributed by atoms with Gasteiger partial charge in [0, 0.05) is 18.0 Å². The summed E-state index contributed by atoms with van der Waals surface area (Å²) in [6.45, 7) is 6.03. The molecule has 2 rings (SSSR count). The molecule has 9 heteroatoms. The number of benzene rings is 1. The number of nitrogens with one attached hydrogen (secondary N) is 2. The zero-order valence-electron chi connectivity index (χ0n) is 16.2. The van der Waals surface area contributed by atoms with Crippen molar-refractivity contribution in [3.63, 3.8) is 0 Å². The van der Waals surface area contributed by atoms with E-state index in [1.165, 1.54) is 11.3 Å². The van der Waals surface area contributed by atoms with Crippen molar-refractivity contribution in [2.24, 2.45) is 4.99 Å². The molecule has 0 radical (unpaired) electrons. The van der Waals surface area contributed by atoms with Gasteiger partial charge in [-0.3, -0.25) is 0 Å². The SMILES string of the molecule is CCNC(=NCc1ccc(OC)c(OCC)c1)NCC(O)c1ccc(Cl)s1.I. The van der Waals surface area contributed by atoms with Gasteiger partial charge in [0.2, 0.25) is 0 Å². The van der Waals surface area contributed by atoms with Crippen LogP contribution < -0.4 is 20.1 Å². The number of thiophene rings is 1. The van der Waals surface area contributed by atoms with Crippen LogP contribution in [0.25, 0.3) is 0 Å². The lowest BCUT2D eigenvalue weighted by molar-refractivity contribution is 0.184. The lowest BCUT2D eigenvalue weighted by Gasteiger charge is -2.15. The fourth-order valence-electron chi connectivity index (χ4n) is 2.40. The van der Waals surface area contributed by atoms with Crippen molar-refractivity contribution in [2.75, 3.05) is 26.8 Å². The van der Waals surface area contributed by atoms with Gasteiger partial charge in [0.25, 0.3) is 0 Å². The first-order valence-electron chi connectivity index (χ1n) is 8.82. The van der Waals surface area contributed by atoms with Gasteiger partial charge in [0.15, 0.2) is 17.5 Å². The number of hydrogen-bond donors (Lipinski definition) is 3. The minimum atomic E-state index is -0.642. The molecule has 0 fully saturated rings. The summed E-state index contributed by atoms with van der Waals surface area (Å²) in [5, 5.41) is 16.6. The van der Waals surface area contributed by atoms with Crippen LogP contribution in [0.4, 0.5) is 0 Å². The average molecular weight is 540 g/mol. The van der Waals surface area contributed by atoms with Crippen molar-refractivity contribution in [1.82, 2.24) is 10.6 Å². The number of aliphatic hydroxyl groups is 1. The van der Waals surface area contributed by atoms with E-state index < -0.39 is 6.10 Å². The summed E-state index contributed by atoms with van der Waals surface area (Å²) in [4.78, 5) is 5.39. The Balaban J connectivity index is 0.00000392. The molecule has 3 N–H and O–H groups in total. The summed E-state index contributed by atoms with van der Waals surface area (Å²) in [6, 6.07) is 9.37. The minimum Gasteiger partial charge on any atom is -0.493 e. The van der Waals surface area contributed by atoms with Crippen LogP contribution in [0.3, 0.4) is 0 Å². The third kappa shape index (κ3) is 7.65. The molecule has 6 nitrogen and oxygen atoms in total. The zero-order chi connectivity index (χ0) is 19.6. The fraction of sp³-hybridized carbons (Fsp3) is 0.421. The molecule has 1 atom stereocenters. The van der Waals surface area contributed by atoms with Gasteiger partial charge < -0.3 is 25.2 Å². The van der Waals surface area contributed by atoms with Crippen molar-refractivity contribution < 1.29 is 14.6 Å². The molecular formula is C19H27ClIN3O3S. The first-order chi connectivity index (χ1) is 13.1. The highest BCUT2D eigenvalue weighted by Crippen LogP contribution is 2.28. The predicted octanol–water partition coefficient (Wildman–Crippen LogP) is 4.22. The van der Waals surface area contributed by atoms with E-state index in [1.807, 2.05) is 38.1 Å². The highest BCUT2D eigenvalue weighted by molar-refractivity contribution is 14.0. The van der Waals surface area contributed by atoms with E-state index in [1.54, 1.807) is 13.2 Å². The van der Waals surface area contributed by atoms with E-state index in [9.17, 15) is 5.11 Å². The maximum absolute atomic E-state index is 10.3. The second-order valence-electron chi connectivity index (χ2n) is 5.65. The van der Waals surface area contributed by atoms with Crippen LogP contribution in [0.15, 0.2) is 35.3 Å². The van der Waals surface area contributed by atoms with Gasteiger partial charge >= 0.3 is 0 Å². The van der Waals surface area contributed by atoms with Crippen molar-refractivity contribution in [1.29, 1.82) is 0 Å². The first-order valence-corrected chi connectivity index (χ1v) is 10.0. The smallest absolute Gasteiger partial charge is 0.191 e. The van der Waals surface area contributed by atoms with Crippen LogP contribution in [0.2, 0.25) is 4.34 Å². The maximum atomic E-state index is 10.3. The van der Waals surface area contributed by atoms with Crippen LogP contribution in [0, 0.1) is 0 Å². The molecule has 28 heavy (non-hydrogen) atoms. The summed E-state index contributed by atoms with van der Waals surface area (Å²) in [6.07, 6.45) is -0.642. The molecule has 0 aliphatic heterocycles. The van der Waals surface area contributed by atoms with E-state index in [4.69, 9.17) is 21.1 Å². The standard InChI is InChI=1S/C19H26ClN3O3S.HI/c1-4-21-19(23-12-14(24)17-8-9-18(20)27-17)22-11-13-6-7-15(25-3)16(10-13)26-5-2;/h6-10,14,24H,4-5,11-12H2,1-3H3,(H2,21,22,23);1H. The number of aliphatic hydroxyl groups excluding tert-OH is 1. The Labute approximate surface area is 192 Å². The molecule has 2 aromatic rings. The molecule has 0 aliphatic rings. The number of guanidine groups is 1. The minimum absolute atomic E-state index is 0. The Bertz CT molecular complexity index is 758. The van der Waals surface area contributed by atoms with Crippen molar-refractivity contribution in [3.8, 4) is 11.5 Å². The largest absolute Gasteiger partial charge is 0.493 e. The third-order valence-corrected chi connectivity index (χ3v) is 5.01. The molecule has 156 valence electrons. The van der Waals surface area contributed by atoms with E-state index in [0.717, 1.165) is 17.0 Å². The first kappa shape index (κ1) is 24.8. The Hall–Kier alpha value is -1.23. The van der Waals surface area contributed by atoms with Gasteiger partial charge in [-0.1, -0.05) is 17.7 Å². The van der Waals surface area contributed by atoms with Crippen LogP contribution >= 0.6 is 46.9 Å². The number of methoxy groups -OCH3 is 1. The van der Waals surface area contributed by atoms with Gasteiger partial charge in [-0.25, -0.2) is 4.99 Å². The number of nitrogens with zero attached hydrogens (tertiary/aromatic N) is 1. The summed E-state index contributed by atoms with van der Waals surface area (Å²) in [7, 11) is 1.62. The molecule has 0 saturated heterocycles. The summed E-state index contributed by atoms with van der Waals surface area (Å²) in [5.74, 6) is 2.04. The number of halogens is 2. The lowest BCUT2D eigenvalue weighted by atomic mass is 10.2. The Morgan fingerprint density at radius 3 is 2.61 bits per heavy atom. The van der Waals surface area contributed by atoms with Crippen molar-refractivity contribution >= 4 is 52.9 Å². The number of rotatable bonds is 9. The molecule has 0 saturated carbocycles. The van der Waals surface area contributed by atoms with E-state index in [-0.39, 0.29) is 24.0 Å². The molecule has 0 amide bonds. The number of aliphatic imine (C=N–C) groups is 1. The summed E-state index contributed by atoms with van der Waals surface area (Å²) >= 11 is 7.29. The Kier molecular flexibility index (Phi) is 11.6. The van der Waals surface area contributed by atoms with Crippen LogP contribution in [0.5, 0.6) is 11.5 Å². The highest BCUT2D eigenvalue weighted by atomic mass is 127. The number of hydrogen-bond acceptors (Lipinski definition) is 5. The van der Waals surface area contributed by atoms with Gasteiger partial charge in [0.1, 0.15) is 6.10 Å². The number of ether oxygens (including phenoxy) is 2. The van der Waals surface area contributed by atoms with Crippen LogP contribution in [0.1, 0.15) is 30.4 Å². The van der Waals surface area contributed by atoms with E-state index in [2.05, 4.69) is 15.6 Å². The van der Waals surface area contributed by atoms with Crippen molar-refractivity contribution in [2.45, 2.75) is 26.5 Å². The molecule has 1 aromatic heterocycles. The Morgan fingerprint density at radius 1 is 1.21 bits per heavy atom. The highest BCUT2D eigenvalue weighted by Gasteiger charge is 2.11. The van der Waals surface area contributed by atoms with Gasteiger partial charge in [0.05, 0.1) is 24.6 Å². The molecule has 0 bridgehead atoms. The molecule has 1 unspecified atom stereocenters. The quantitative estimate of drug-likeness (QED) is 0.253. The molecule has 1 heterocycles. The molecule has 0 aliphatic carbocycles. The monoisotopic (exact) mass is 539 g/mol. The second-order valence-corrected chi connectivity index (χ2v) is 7.40. The van der Waals surface area contributed by atoms with Crippen LogP contribution in [-0.2, 0) is 6.54 Å². The summed E-state index contributed by atoms with van der Waals surface area (Å²) in [5.41, 5.74) is 1.00. The molecule has 1 aromatic carbocycles. The maximum Gasteiger partial charge on any atom is 0.191 e. The molecule has 0 spiro atoms. The fourth-order valence-corrected chi connectivity index (χ4v) is 3.45. The third-order valence-electron chi connectivity index (χ3n) is 3.68. The second kappa shape index (κ2) is 13.1. The zero-order valence-corrected chi connectivity index (χ0v) is 20.1. The Morgan fingerprint density at radius 2 is 2.00 bits per heavy atom. The average Bonchev–Trinajstić information content (AvgIpc) is 3.10. The van der Waals surface area contributed by atoms with Gasteiger partial charge in [-0.05, 0) is 43.7 Å². The van der Waals surface area contributed by atoms with Crippen LogP contribution in [-0.4, -0.2) is 37.9 Å². The lowest BCUT2D eigenvalue weighted by Crippen LogP contribution is -2.39. The van der Waals surface area contributed by atoms with Gasteiger partial charge in [-0.15, -0.1) is 35.3 Å².